The molecule has 0 saturated carbocycles. The summed E-state index contributed by atoms with van der Waals surface area (Å²) in [5.41, 5.74) is 2.78. The quantitative estimate of drug-likeness (QED) is 0.740. The van der Waals surface area contributed by atoms with Gasteiger partial charge in [-0.15, -0.1) is 11.3 Å². The Bertz CT molecular complexity index is 785. The summed E-state index contributed by atoms with van der Waals surface area (Å²) < 4.78 is 4.77. The van der Waals surface area contributed by atoms with Gasteiger partial charge in [0.25, 0.3) is 5.91 Å². The average molecular weight is 375 g/mol. The summed E-state index contributed by atoms with van der Waals surface area (Å²) in [6.45, 7) is 8.54. The molecule has 26 heavy (non-hydrogen) atoms. The molecule has 1 atom stereocenters. The van der Waals surface area contributed by atoms with Crippen molar-refractivity contribution >= 4 is 23.2 Å². The molecule has 1 aromatic carbocycles. The van der Waals surface area contributed by atoms with Gasteiger partial charge in [-0.3, -0.25) is 4.79 Å². The second-order valence-corrected chi connectivity index (χ2v) is 6.95. The number of aromatic nitrogens is 1. The number of hydrogen-bond acceptors (Lipinski definition) is 5. The minimum absolute atomic E-state index is 0.0262. The Labute approximate surface area is 159 Å². The standard InChI is InChI=1S/C18H20N2O3S.C2H6/c1-11-7-13(9-14(8-11)18(22)23-3)17(21)20-6-4-5-15(20)16-19-12(2)10-24-16;1-2/h7-10,15H,4-6H2,1-3H3;1-2H3/t15-;/m1./s1. The number of benzene rings is 1. The van der Waals surface area contributed by atoms with E-state index in [1.165, 1.54) is 7.11 Å². The van der Waals surface area contributed by atoms with Crippen molar-refractivity contribution < 1.29 is 14.3 Å². The maximum absolute atomic E-state index is 13.0. The summed E-state index contributed by atoms with van der Waals surface area (Å²) >= 11 is 1.60. The van der Waals surface area contributed by atoms with Crippen LogP contribution in [0.5, 0.6) is 0 Å². The van der Waals surface area contributed by atoms with E-state index in [2.05, 4.69) is 4.98 Å². The Kier molecular flexibility index (Phi) is 6.91. The molecule has 140 valence electrons. The van der Waals surface area contributed by atoms with Crippen molar-refractivity contribution in [1.29, 1.82) is 0 Å². The molecule has 1 amide bonds. The van der Waals surface area contributed by atoms with E-state index >= 15 is 0 Å². The molecular formula is C20H26N2O3S. The summed E-state index contributed by atoms with van der Waals surface area (Å²) in [5.74, 6) is -0.486. The molecule has 0 radical (unpaired) electrons. The largest absolute Gasteiger partial charge is 0.465 e. The van der Waals surface area contributed by atoms with E-state index in [1.54, 1.807) is 23.5 Å². The molecule has 0 bridgehead atoms. The Hall–Kier alpha value is -2.21. The third-order valence-electron chi connectivity index (χ3n) is 4.18. The van der Waals surface area contributed by atoms with Crippen LogP contribution in [0.4, 0.5) is 0 Å². The average Bonchev–Trinajstić information content (AvgIpc) is 3.30. The summed E-state index contributed by atoms with van der Waals surface area (Å²) in [7, 11) is 1.34. The maximum Gasteiger partial charge on any atom is 0.337 e. The fraction of sp³-hybridized carbons (Fsp3) is 0.450. The first-order chi connectivity index (χ1) is 12.5. The number of esters is 1. The zero-order valence-corrected chi connectivity index (χ0v) is 16.9. The van der Waals surface area contributed by atoms with Crippen LogP contribution >= 0.6 is 11.3 Å². The molecule has 0 unspecified atom stereocenters. The minimum Gasteiger partial charge on any atom is -0.465 e. The first-order valence-corrected chi connectivity index (χ1v) is 9.80. The Balaban J connectivity index is 0.00000117. The zero-order valence-electron chi connectivity index (χ0n) is 16.0. The van der Waals surface area contributed by atoms with Crippen molar-refractivity contribution in [3.05, 3.63) is 51.0 Å². The van der Waals surface area contributed by atoms with E-state index < -0.39 is 5.97 Å². The lowest BCUT2D eigenvalue weighted by molar-refractivity contribution is 0.0600. The number of amides is 1. The van der Waals surface area contributed by atoms with Gasteiger partial charge in [-0.2, -0.15) is 0 Å². The lowest BCUT2D eigenvalue weighted by Gasteiger charge is -2.23. The highest BCUT2D eigenvalue weighted by molar-refractivity contribution is 7.09. The second kappa shape index (κ2) is 8.94. The molecule has 0 aliphatic carbocycles. The Morgan fingerprint density at radius 1 is 1.19 bits per heavy atom. The van der Waals surface area contributed by atoms with Crippen molar-refractivity contribution in [1.82, 2.24) is 9.88 Å². The topological polar surface area (TPSA) is 59.5 Å². The van der Waals surface area contributed by atoms with E-state index in [-0.39, 0.29) is 11.9 Å². The first-order valence-electron chi connectivity index (χ1n) is 8.92. The zero-order chi connectivity index (χ0) is 19.3. The molecule has 1 saturated heterocycles. The minimum atomic E-state index is -0.429. The lowest BCUT2D eigenvalue weighted by atomic mass is 10.1. The van der Waals surface area contributed by atoms with Crippen LogP contribution < -0.4 is 0 Å². The molecule has 1 aliphatic heterocycles. The van der Waals surface area contributed by atoms with Gasteiger partial charge in [0.2, 0.25) is 0 Å². The van der Waals surface area contributed by atoms with E-state index in [0.29, 0.717) is 17.7 Å². The highest BCUT2D eigenvalue weighted by Crippen LogP contribution is 2.34. The molecule has 3 rings (SSSR count). The fourth-order valence-corrected chi connectivity index (χ4v) is 4.04. The number of aryl methyl sites for hydroxylation is 2. The number of thiazole rings is 1. The molecule has 0 spiro atoms. The van der Waals surface area contributed by atoms with Crippen LogP contribution in [0.2, 0.25) is 0 Å². The number of carbonyl (C=O) groups is 2. The number of nitrogens with zero attached hydrogens (tertiary/aromatic N) is 2. The molecule has 1 fully saturated rings. The van der Waals surface area contributed by atoms with E-state index in [4.69, 9.17) is 4.74 Å². The van der Waals surface area contributed by atoms with Gasteiger partial charge in [0.05, 0.1) is 18.7 Å². The molecule has 1 aromatic heterocycles. The molecule has 0 N–H and O–H groups in total. The molecule has 2 heterocycles. The predicted molar refractivity (Wildman–Crippen MR) is 104 cm³/mol. The molecule has 5 nitrogen and oxygen atoms in total. The van der Waals surface area contributed by atoms with Crippen LogP contribution in [0, 0.1) is 13.8 Å². The molecular weight excluding hydrogens is 348 g/mol. The summed E-state index contributed by atoms with van der Waals surface area (Å²) in [4.78, 5) is 31.2. The van der Waals surface area contributed by atoms with Gasteiger partial charge in [-0.25, -0.2) is 9.78 Å². The van der Waals surface area contributed by atoms with Gasteiger partial charge in [0.15, 0.2) is 0 Å². The summed E-state index contributed by atoms with van der Waals surface area (Å²) in [6.07, 6.45) is 1.89. The van der Waals surface area contributed by atoms with Crippen LogP contribution in [0.3, 0.4) is 0 Å². The van der Waals surface area contributed by atoms with E-state index in [9.17, 15) is 9.59 Å². The number of likely N-dealkylation sites (tertiary alicyclic amines) is 1. The van der Waals surface area contributed by atoms with Gasteiger partial charge in [0.1, 0.15) is 5.01 Å². The molecule has 2 aromatic rings. The highest BCUT2D eigenvalue weighted by Gasteiger charge is 2.32. The predicted octanol–water partition coefficient (Wildman–Crippen LogP) is 4.55. The fourth-order valence-electron chi connectivity index (χ4n) is 3.10. The number of hydrogen-bond donors (Lipinski definition) is 0. The normalized spacial score (nSPS) is 16.0. The highest BCUT2D eigenvalue weighted by atomic mass is 32.1. The summed E-state index contributed by atoms with van der Waals surface area (Å²) in [6, 6.07) is 5.19. The van der Waals surface area contributed by atoms with Crippen molar-refractivity contribution in [2.45, 2.75) is 46.6 Å². The van der Waals surface area contributed by atoms with Gasteiger partial charge < -0.3 is 9.64 Å². The lowest BCUT2D eigenvalue weighted by Crippen LogP contribution is -2.30. The van der Waals surface area contributed by atoms with Gasteiger partial charge in [-0.05, 0) is 50.5 Å². The molecule has 6 heteroatoms. The smallest absolute Gasteiger partial charge is 0.337 e. The van der Waals surface area contributed by atoms with E-state index in [1.807, 2.05) is 44.0 Å². The number of methoxy groups -OCH3 is 1. The number of rotatable bonds is 3. The maximum atomic E-state index is 13.0. The van der Waals surface area contributed by atoms with Crippen LogP contribution in [0.25, 0.3) is 0 Å². The Morgan fingerprint density at radius 3 is 2.50 bits per heavy atom. The third-order valence-corrected chi connectivity index (χ3v) is 5.24. The van der Waals surface area contributed by atoms with Gasteiger partial charge >= 0.3 is 5.97 Å². The van der Waals surface area contributed by atoms with Crippen molar-refractivity contribution in [3.63, 3.8) is 0 Å². The second-order valence-electron chi connectivity index (χ2n) is 6.06. The van der Waals surface area contributed by atoms with Crippen LogP contribution in [-0.2, 0) is 4.74 Å². The number of ether oxygens (including phenoxy) is 1. The number of carbonyl (C=O) groups excluding carboxylic acids is 2. The first kappa shape index (κ1) is 20.1. The third kappa shape index (κ3) is 4.30. The van der Waals surface area contributed by atoms with Crippen molar-refractivity contribution in [3.8, 4) is 0 Å². The van der Waals surface area contributed by atoms with Gasteiger partial charge in [0, 0.05) is 23.2 Å². The molecule has 1 aliphatic rings. The SMILES string of the molecule is CC.COC(=O)c1cc(C)cc(C(=O)N2CCC[C@@H]2c2nc(C)cs2)c1. The Morgan fingerprint density at radius 2 is 1.88 bits per heavy atom. The van der Waals surface area contributed by atoms with Crippen LogP contribution in [0.1, 0.15) is 69.7 Å². The van der Waals surface area contributed by atoms with E-state index in [0.717, 1.165) is 29.1 Å². The van der Waals surface area contributed by atoms with Crippen LogP contribution in [-0.4, -0.2) is 35.4 Å². The summed E-state index contributed by atoms with van der Waals surface area (Å²) in [5, 5.41) is 3.00. The monoisotopic (exact) mass is 374 g/mol. The van der Waals surface area contributed by atoms with Crippen molar-refractivity contribution in [2.75, 3.05) is 13.7 Å². The van der Waals surface area contributed by atoms with Gasteiger partial charge in [-0.1, -0.05) is 13.8 Å². The van der Waals surface area contributed by atoms with Crippen LogP contribution in [0.15, 0.2) is 23.6 Å². The van der Waals surface area contributed by atoms with Crippen molar-refractivity contribution in [2.24, 2.45) is 0 Å².